The molecule has 0 saturated carbocycles. The molecule has 0 N–H and O–H groups in total. The minimum atomic E-state index is 0.726. The first kappa shape index (κ1) is 7.03. The van der Waals surface area contributed by atoms with Crippen LogP contribution < -0.4 is 0 Å². The van der Waals surface area contributed by atoms with Crippen LogP contribution in [0.25, 0.3) is 0 Å². The van der Waals surface area contributed by atoms with Crippen molar-refractivity contribution in [3.8, 4) is 0 Å². The molecule has 2 nitrogen and oxygen atoms in total. The van der Waals surface area contributed by atoms with Crippen molar-refractivity contribution in [1.29, 1.82) is 0 Å². The first-order valence-electron chi connectivity index (χ1n) is 3.66. The topological polar surface area (TPSA) is 12.5 Å². The van der Waals surface area contributed by atoms with E-state index in [1.165, 1.54) is 6.42 Å². The number of hydrogen-bond donors (Lipinski definition) is 0. The van der Waals surface area contributed by atoms with E-state index in [1.807, 2.05) is 0 Å². The highest BCUT2D eigenvalue weighted by Crippen LogP contribution is 2.08. The van der Waals surface area contributed by atoms with Gasteiger partial charge in [-0.25, -0.2) is 0 Å². The van der Waals surface area contributed by atoms with Crippen LogP contribution in [0.3, 0.4) is 0 Å². The Kier molecular flexibility index (Phi) is 2.49. The van der Waals surface area contributed by atoms with Crippen molar-refractivity contribution >= 4 is 0 Å². The normalized spacial score (nSPS) is 30.7. The number of nitrogens with zero attached hydrogens (tertiary/aromatic N) is 1. The summed E-state index contributed by atoms with van der Waals surface area (Å²) < 4.78 is 5.27. The molecule has 1 saturated heterocycles. The van der Waals surface area contributed by atoms with Crippen molar-refractivity contribution in [1.82, 2.24) is 4.90 Å². The highest BCUT2D eigenvalue weighted by Gasteiger charge is 2.15. The van der Waals surface area contributed by atoms with Gasteiger partial charge >= 0.3 is 0 Å². The van der Waals surface area contributed by atoms with Crippen LogP contribution in [-0.2, 0) is 4.74 Å². The maximum Gasteiger partial charge on any atom is 0.0992 e. The summed E-state index contributed by atoms with van der Waals surface area (Å²) in [6.07, 6.45) is 1.19. The molecule has 54 valence electrons. The van der Waals surface area contributed by atoms with Crippen LogP contribution in [0.1, 0.15) is 20.3 Å². The smallest absolute Gasteiger partial charge is 0.0992 e. The quantitative estimate of drug-likeness (QED) is 0.525. The van der Waals surface area contributed by atoms with Crippen molar-refractivity contribution < 1.29 is 4.74 Å². The lowest BCUT2D eigenvalue weighted by Gasteiger charge is -2.31. The maximum absolute atomic E-state index is 5.27. The maximum atomic E-state index is 5.27. The molecule has 0 bridgehead atoms. The summed E-state index contributed by atoms with van der Waals surface area (Å²) in [6, 6.07) is 0.726. The van der Waals surface area contributed by atoms with Crippen LogP contribution in [0.2, 0.25) is 0 Å². The third-order valence-corrected chi connectivity index (χ3v) is 1.97. The molecule has 1 aliphatic rings. The molecule has 2 heteroatoms. The van der Waals surface area contributed by atoms with Gasteiger partial charge in [-0.05, 0) is 19.9 Å². The van der Waals surface area contributed by atoms with Crippen molar-refractivity contribution in [3.05, 3.63) is 0 Å². The third-order valence-electron chi connectivity index (χ3n) is 1.97. The fourth-order valence-electron chi connectivity index (χ4n) is 1.15. The Balaban J connectivity index is 2.30. The highest BCUT2D eigenvalue weighted by molar-refractivity contribution is 4.65. The summed E-state index contributed by atoms with van der Waals surface area (Å²) in [6.45, 7) is 7.31. The lowest BCUT2D eigenvalue weighted by atomic mass is 10.2. The Morgan fingerprint density at radius 3 is 2.89 bits per heavy atom. The standard InChI is InChI=1S/C7H15NO/c1-3-8-6-9-5-4-7(8)2/h7H,3-6H2,1-2H3/t7-/m1/s1. The molecule has 0 aromatic carbocycles. The number of ether oxygens (including phenoxy) is 1. The van der Waals surface area contributed by atoms with Crippen LogP contribution in [0.15, 0.2) is 0 Å². The minimum absolute atomic E-state index is 0.726. The van der Waals surface area contributed by atoms with Gasteiger partial charge in [0.25, 0.3) is 0 Å². The lowest BCUT2D eigenvalue weighted by Crippen LogP contribution is -2.39. The van der Waals surface area contributed by atoms with E-state index in [9.17, 15) is 0 Å². The van der Waals surface area contributed by atoms with E-state index in [0.717, 1.165) is 25.9 Å². The monoisotopic (exact) mass is 129 g/mol. The van der Waals surface area contributed by atoms with Gasteiger partial charge in [0.2, 0.25) is 0 Å². The molecule has 0 spiro atoms. The average Bonchev–Trinajstić information content (AvgIpc) is 1.89. The summed E-state index contributed by atoms with van der Waals surface area (Å²) in [5.41, 5.74) is 0. The second kappa shape index (κ2) is 3.18. The Labute approximate surface area is 56.8 Å². The van der Waals surface area contributed by atoms with Gasteiger partial charge in [0, 0.05) is 12.6 Å². The van der Waals surface area contributed by atoms with Gasteiger partial charge in [-0.3, -0.25) is 4.90 Å². The second-order valence-corrected chi connectivity index (χ2v) is 2.58. The molecule has 9 heavy (non-hydrogen) atoms. The predicted octanol–water partition coefficient (Wildman–Crippen LogP) is 1.07. The van der Waals surface area contributed by atoms with Crippen molar-refractivity contribution in [3.63, 3.8) is 0 Å². The van der Waals surface area contributed by atoms with Gasteiger partial charge in [0.15, 0.2) is 0 Å². The summed E-state index contributed by atoms with van der Waals surface area (Å²) in [7, 11) is 0. The molecule has 1 aliphatic heterocycles. The molecule has 0 aromatic rings. The Morgan fingerprint density at radius 1 is 1.67 bits per heavy atom. The summed E-state index contributed by atoms with van der Waals surface area (Å²) in [5, 5.41) is 0. The molecule has 0 amide bonds. The zero-order valence-electron chi connectivity index (χ0n) is 6.26. The molecule has 1 atom stereocenters. The first-order chi connectivity index (χ1) is 4.34. The summed E-state index contributed by atoms with van der Waals surface area (Å²) in [5.74, 6) is 0. The molecule has 0 aliphatic carbocycles. The molecule has 0 aromatic heterocycles. The molecule has 1 heterocycles. The first-order valence-corrected chi connectivity index (χ1v) is 3.66. The Hall–Kier alpha value is -0.0800. The van der Waals surface area contributed by atoms with Crippen LogP contribution in [0, 0.1) is 0 Å². The molecule has 1 fully saturated rings. The molecular weight excluding hydrogens is 114 g/mol. The van der Waals surface area contributed by atoms with Gasteiger partial charge in [-0.15, -0.1) is 0 Å². The van der Waals surface area contributed by atoms with E-state index in [-0.39, 0.29) is 0 Å². The Bertz CT molecular complexity index is 85.0. The fraction of sp³-hybridized carbons (Fsp3) is 1.00. The SMILES string of the molecule is CCN1COCC[C@H]1C. The molecular formula is C7H15NO. The predicted molar refractivity (Wildman–Crippen MR) is 37.3 cm³/mol. The Morgan fingerprint density at radius 2 is 2.44 bits per heavy atom. The van der Waals surface area contributed by atoms with E-state index in [2.05, 4.69) is 18.7 Å². The van der Waals surface area contributed by atoms with Crippen LogP contribution in [0.4, 0.5) is 0 Å². The van der Waals surface area contributed by atoms with Gasteiger partial charge < -0.3 is 4.74 Å². The fourth-order valence-corrected chi connectivity index (χ4v) is 1.15. The highest BCUT2D eigenvalue weighted by atomic mass is 16.5. The zero-order valence-corrected chi connectivity index (χ0v) is 6.26. The van der Waals surface area contributed by atoms with Gasteiger partial charge in [-0.2, -0.15) is 0 Å². The van der Waals surface area contributed by atoms with E-state index in [4.69, 9.17) is 4.74 Å². The van der Waals surface area contributed by atoms with Crippen molar-refractivity contribution in [2.75, 3.05) is 19.9 Å². The average molecular weight is 129 g/mol. The second-order valence-electron chi connectivity index (χ2n) is 2.58. The molecule has 0 unspecified atom stereocenters. The van der Waals surface area contributed by atoms with E-state index < -0.39 is 0 Å². The number of rotatable bonds is 1. The number of hydrogen-bond acceptors (Lipinski definition) is 2. The van der Waals surface area contributed by atoms with Gasteiger partial charge in [-0.1, -0.05) is 6.92 Å². The van der Waals surface area contributed by atoms with Crippen LogP contribution in [0.5, 0.6) is 0 Å². The summed E-state index contributed by atoms with van der Waals surface area (Å²) in [4.78, 5) is 2.34. The lowest BCUT2D eigenvalue weighted by molar-refractivity contribution is -0.0392. The third kappa shape index (κ3) is 1.66. The largest absolute Gasteiger partial charge is 0.366 e. The van der Waals surface area contributed by atoms with Crippen molar-refractivity contribution in [2.45, 2.75) is 26.3 Å². The van der Waals surface area contributed by atoms with E-state index >= 15 is 0 Å². The van der Waals surface area contributed by atoms with E-state index in [0.29, 0.717) is 0 Å². The molecule has 0 radical (unpaired) electrons. The van der Waals surface area contributed by atoms with Crippen LogP contribution >= 0.6 is 0 Å². The van der Waals surface area contributed by atoms with Gasteiger partial charge in [0.05, 0.1) is 6.73 Å². The van der Waals surface area contributed by atoms with Crippen LogP contribution in [-0.4, -0.2) is 30.8 Å². The summed E-state index contributed by atoms with van der Waals surface area (Å²) >= 11 is 0. The van der Waals surface area contributed by atoms with Crippen molar-refractivity contribution in [2.24, 2.45) is 0 Å². The van der Waals surface area contributed by atoms with E-state index in [1.54, 1.807) is 0 Å². The van der Waals surface area contributed by atoms with Gasteiger partial charge in [0.1, 0.15) is 0 Å². The molecule has 1 rings (SSSR count). The minimum Gasteiger partial charge on any atom is -0.366 e. The zero-order chi connectivity index (χ0) is 6.69.